The lowest BCUT2D eigenvalue weighted by Gasteiger charge is -2.06. The van der Waals surface area contributed by atoms with E-state index in [1.165, 1.54) is 6.08 Å². The van der Waals surface area contributed by atoms with Crippen molar-refractivity contribution in [2.75, 3.05) is 6.61 Å². The van der Waals surface area contributed by atoms with E-state index in [4.69, 9.17) is 13.9 Å². The number of benzene rings is 2. The second-order valence-electron chi connectivity index (χ2n) is 6.84. The summed E-state index contributed by atoms with van der Waals surface area (Å²) in [7, 11) is 0. The van der Waals surface area contributed by atoms with E-state index in [9.17, 15) is 4.79 Å². The number of hydrogen-bond donors (Lipinski definition) is 0. The number of hydrogen-bond acceptors (Lipinski definition) is 4. The van der Waals surface area contributed by atoms with Gasteiger partial charge in [0, 0.05) is 23.6 Å². The maximum absolute atomic E-state index is 12.6. The molecule has 2 aromatic heterocycles. The third kappa shape index (κ3) is 5.34. The van der Waals surface area contributed by atoms with Gasteiger partial charge in [-0.25, -0.2) is 0 Å². The Bertz CT molecular complexity index is 1150. The van der Waals surface area contributed by atoms with Crippen molar-refractivity contribution in [1.82, 2.24) is 4.57 Å². The van der Waals surface area contributed by atoms with Gasteiger partial charge in [0.05, 0.1) is 6.61 Å². The molecule has 2 aromatic carbocycles. The summed E-state index contributed by atoms with van der Waals surface area (Å²) in [5.41, 5.74) is 1.56. The SMILES string of the molecule is CCOc1ccc(OCc2ccc(/C=C/C(=O)c3cccc(-n4cccc4)c3)o2)cc1. The second kappa shape index (κ2) is 9.67. The van der Waals surface area contributed by atoms with E-state index in [-0.39, 0.29) is 5.78 Å². The van der Waals surface area contributed by atoms with Crippen molar-refractivity contribution in [2.45, 2.75) is 13.5 Å². The van der Waals surface area contributed by atoms with Crippen molar-refractivity contribution < 1.29 is 18.7 Å². The molecule has 5 heteroatoms. The van der Waals surface area contributed by atoms with Crippen LogP contribution in [0.25, 0.3) is 11.8 Å². The first kappa shape index (κ1) is 20.3. The van der Waals surface area contributed by atoms with Gasteiger partial charge in [-0.1, -0.05) is 12.1 Å². The topological polar surface area (TPSA) is 53.6 Å². The summed E-state index contributed by atoms with van der Waals surface area (Å²) in [5, 5.41) is 0. The number of aromatic nitrogens is 1. The fraction of sp³-hybridized carbons (Fsp3) is 0.115. The molecule has 0 amide bonds. The van der Waals surface area contributed by atoms with Crippen LogP contribution in [0.2, 0.25) is 0 Å². The number of nitrogens with zero attached hydrogens (tertiary/aromatic N) is 1. The van der Waals surface area contributed by atoms with Crippen molar-refractivity contribution in [3.8, 4) is 17.2 Å². The lowest BCUT2D eigenvalue weighted by atomic mass is 10.1. The van der Waals surface area contributed by atoms with Gasteiger partial charge in [-0.15, -0.1) is 0 Å². The van der Waals surface area contributed by atoms with Crippen molar-refractivity contribution in [3.63, 3.8) is 0 Å². The first-order chi connectivity index (χ1) is 15.2. The molecule has 2 heterocycles. The minimum absolute atomic E-state index is 0.0856. The molecular weight excluding hydrogens is 390 g/mol. The van der Waals surface area contributed by atoms with Crippen LogP contribution in [0, 0.1) is 0 Å². The number of ether oxygens (including phenoxy) is 2. The molecule has 4 aromatic rings. The molecule has 156 valence electrons. The van der Waals surface area contributed by atoms with Gasteiger partial charge in [0.15, 0.2) is 5.78 Å². The number of carbonyl (C=O) groups is 1. The molecule has 0 aliphatic carbocycles. The lowest BCUT2D eigenvalue weighted by Crippen LogP contribution is -1.97. The van der Waals surface area contributed by atoms with Crippen molar-refractivity contribution >= 4 is 11.9 Å². The standard InChI is InChI=1S/C26H23NO4/c1-2-29-22-8-10-23(11-9-22)30-19-25-13-12-24(31-25)14-15-26(28)20-6-5-7-21(18-20)27-16-3-4-17-27/h3-18H,2,19H2,1H3/b15-14+. The van der Waals surface area contributed by atoms with E-state index < -0.39 is 0 Å². The van der Waals surface area contributed by atoms with E-state index in [1.807, 2.05) is 90.6 Å². The smallest absolute Gasteiger partial charge is 0.186 e. The molecule has 0 saturated carbocycles. The van der Waals surface area contributed by atoms with Crippen molar-refractivity contribution in [3.05, 3.63) is 108 Å². The van der Waals surface area contributed by atoms with Crippen LogP contribution in [0.1, 0.15) is 28.8 Å². The fourth-order valence-electron chi connectivity index (χ4n) is 3.10. The summed E-state index contributed by atoms with van der Waals surface area (Å²) in [6.07, 6.45) is 7.08. The minimum Gasteiger partial charge on any atom is -0.494 e. The highest BCUT2D eigenvalue weighted by atomic mass is 16.5. The number of furan rings is 1. The molecule has 0 spiro atoms. The highest BCUT2D eigenvalue weighted by Gasteiger charge is 2.06. The third-order valence-electron chi connectivity index (χ3n) is 4.63. The second-order valence-corrected chi connectivity index (χ2v) is 6.84. The zero-order valence-corrected chi connectivity index (χ0v) is 17.2. The Labute approximate surface area is 181 Å². The van der Waals surface area contributed by atoms with E-state index in [0.29, 0.717) is 30.3 Å². The van der Waals surface area contributed by atoms with E-state index in [1.54, 1.807) is 12.1 Å². The largest absolute Gasteiger partial charge is 0.494 e. The summed E-state index contributed by atoms with van der Waals surface area (Å²) in [5.74, 6) is 2.73. The summed E-state index contributed by atoms with van der Waals surface area (Å²) in [4.78, 5) is 12.6. The summed E-state index contributed by atoms with van der Waals surface area (Å²) >= 11 is 0. The van der Waals surface area contributed by atoms with Crippen LogP contribution in [-0.4, -0.2) is 17.0 Å². The maximum Gasteiger partial charge on any atom is 0.186 e. The summed E-state index contributed by atoms with van der Waals surface area (Å²) < 4.78 is 18.9. The van der Waals surface area contributed by atoms with Gasteiger partial charge in [0.25, 0.3) is 0 Å². The zero-order chi connectivity index (χ0) is 21.5. The molecular formula is C26H23NO4. The predicted octanol–water partition coefficient (Wildman–Crippen LogP) is 5.94. The Balaban J connectivity index is 1.35. The highest BCUT2D eigenvalue weighted by Crippen LogP contribution is 2.20. The van der Waals surface area contributed by atoms with Crippen LogP contribution in [0.15, 0.2) is 95.7 Å². The van der Waals surface area contributed by atoms with E-state index in [0.717, 1.165) is 17.2 Å². The number of allylic oxidation sites excluding steroid dienone is 1. The van der Waals surface area contributed by atoms with Crippen LogP contribution >= 0.6 is 0 Å². The molecule has 0 saturated heterocycles. The first-order valence-electron chi connectivity index (χ1n) is 10.1. The van der Waals surface area contributed by atoms with Crippen LogP contribution < -0.4 is 9.47 Å². The van der Waals surface area contributed by atoms with Gasteiger partial charge in [-0.05, 0) is 79.7 Å². The van der Waals surface area contributed by atoms with Crippen LogP contribution in [0.3, 0.4) is 0 Å². The monoisotopic (exact) mass is 413 g/mol. The normalized spacial score (nSPS) is 11.0. The van der Waals surface area contributed by atoms with Crippen LogP contribution in [-0.2, 0) is 6.61 Å². The Hall–Kier alpha value is -3.99. The van der Waals surface area contributed by atoms with Gasteiger partial charge >= 0.3 is 0 Å². The summed E-state index contributed by atoms with van der Waals surface area (Å²) in [6, 6.07) is 22.5. The fourth-order valence-corrected chi connectivity index (χ4v) is 3.10. The highest BCUT2D eigenvalue weighted by molar-refractivity contribution is 6.06. The Morgan fingerprint density at radius 1 is 0.935 bits per heavy atom. The van der Waals surface area contributed by atoms with Gasteiger partial charge in [0.2, 0.25) is 0 Å². The average Bonchev–Trinajstić information content (AvgIpc) is 3.50. The zero-order valence-electron chi connectivity index (χ0n) is 17.2. The van der Waals surface area contributed by atoms with Gasteiger partial charge in [-0.3, -0.25) is 4.79 Å². The third-order valence-corrected chi connectivity index (χ3v) is 4.63. The number of rotatable bonds is 9. The van der Waals surface area contributed by atoms with E-state index >= 15 is 0 Å². The van der Waals surface area contributed by atoms with Crippen LogP contribution in [0.4, 0.5) is 0 Å². The molecule has 0 fully saturated rings. The molecule has 0 aliphatic heterocycles. The maximum atomic E-state index is 12.6. The minimum atomic E-state index is -0.0856. The molecule has 5 nitrogen and oxygen atoms in total. The Kier molecular flexibility index (Phi) is 6.33. The lowest BCUT2D eigenvalue weighted by molar-refractivity contribution is 0.104. The molecule has 0 atom stereocenters. The Morgan fingerprint density at radius 2 is 1.68 bits per heavy atom. The molecule has 0 N–H and O–H groups in total. The van der Waals surface area contributed by atoms with Crippen molar-refractivity contribution in [1.29, 1.82) is 0 Å². The van der Waals surface area contributed by atoms with Gasteiger partial charge in [0.1, 0.15) is 29.6 Å². The molecule has 0 radical (unpaired) electrons. The van der Waals surface area contributed by atoms with Gasteiger partial charge in [-0.2, -0.15) is 0 Å². The molecule has 0 aliphatic rings. The molecule has 0 bridgehead atoms. The van der Waals surface area contributed by atoms with Crippen molar-refractivity contribution in [2.24, 2.45) is 0 Å². The number of carbonyl (C=O) groups excluding carboxylic acids is 1. The quantitative estimate of drug-likeness (QED) is 0.252. The molecule has 4 rings (SSSR count). The van der Waals surface area contributed by atoms with E-state index in [2.05, 4.69) is 0 Å². The summed E-state index contributed by atoms with van der Waals surface area (Å²) in [6.45, 7) is 2.88. The molecule has 31 heavy (non-hydrogen) atoms. The van der Waals surface area contributed by atoms with Crippen LogP contribution in [0.5, 0.6) is 11.5 Å². The number of ketones is 1. The Morgan fingerprint density at radius 3 is 2.42 bits per heavy atom. The first-order valence-corrected chi connectivity index (χ1v) is 10.1. The molecule has 0 unspecified atom stereocenters. The average molecular weight is 413 g/mol. The predicted molar refractivity (Wildman–Crippen MR) is 120 cm³/mol. The van der Waals surface area contributed by atoms with Gasteiger partial charge < -0.3 is 18.5 Å².